The molecule has 5 heteroatoms. The molecule has 1 saturated carbocycles. The minimum Gasteiger partial charge on any atom is -0.482 e. The van der Waals surface area contributed by atoms with Crippen LogP contribution in [0.5, 0.6) is 5.75 Å². The van der Waals surface area contributed by atoms with Gasteiger partial charge in [-0.05, 0) is 62.6 Å². The minimum absolute atomic E-state index is 0.322. The number of aryl methyl sites for hydroxylation is 1. The molecule has 1 aromatic carbocycles. The van der Waals surface area contributed by atoms with E-state index in [2.05, 4.69) is 29.8 Å². The van der Waals surface area contributed by atoms with Gasteiger partial charge in [0.05, 0.1) is 0 Å². The van der Waals surface area contributed by atoms with Crippen LogP contribution in [0.3, 0.4) is 0 Å². The molecule has 1 fully saturated rings. The molecule has 5 nitrogen and oxygen atoms in total. The molecule has 0 saturated heterocycles. The fourth-order valence-corrected chi connectivity index (χ4v) is 3.80. The van der Waals surface area contributed by atoms with Crippen LogP contribution in [0.15, 0.2) is 30.3 Å². The summed E-state index contributed by atoms with van der Waals surface area (Å²) in [5.74, 6) is -0.404. The molecule has 0 amide bonds. The van der Waals surface area contributed by atoms with Crippen molar-refractivity contribution in [3.63, 3.8) is 0 Å². The Hall–Kier alpha value is -2.27. The maximum atomic E-state index is 10.6. The molecule has 0 unspecified atom stereocenters. The minimum atomic E-state index is -0.971. The number of rotatable bonds is 7. The lowest BCUT2D eigenvalue weighted by atomic mass is 9.95. The molecule has 0 aliphatic heterocycles. The fourth-order valence-electron chi connectivity index (χ4n) is 3.80. The van der Waals surface area contributed by atoms with Crippen molar-refractivity contribution in [2.75, 3.05) is 6.61 Å². The average molecular weight is 356 g/mol. The SMILES string of the molecule is Cc1cc(CNC2CCCCC2)c(C)n1-c1ccc(OCC(=O)O)cc1. The monoisotopic (exact) mass is 356 g/mol. The highest BCUT2D eigenvalue weighted by atomic mass is 16.5. The van der Waals surface area contributed by atoms with E-state index in [9.17, 15) is 4.79 Å². The van der Waals surface area contributed by atoms with Crippen molar-refractivity contribution in [3.05, 3.63) is 47.3 Å². The molecule has 2 aromatic rings. The van der Waals surface area contributed by atoms with E-state index in [1.165, 1.54) is 49.1 Å². The highest BCUT2D eigenvalue weighted by molar-refractivity contribution is 5.68. The number of hydrogen-bond donors (Lipinski definition) is 2. The van der Waals surface area contributed by atoms with E-state index in [1.54, 1.807) is 0 Å². The number of hydrogen-bond acceptors (Lipinski definition) is 3. The summed E-state index contributed by atoms with van der Waals surface area (Å²) < 4.78 is 7.45. The normalized spacial score (nSPS) is 15.2. The first-order valence-electron chi connectivity index (χ1n) is 9.41. The van der Waals surface area contributed by atoms with E-state index < -0.39 is 5.97 Å². The van der Waals surface area contributed by atoms with Gasteiger partial charge in [0, 0.05) is 29.7 Å². The Bertz CT molecular complexity index is 743. The van der Waals surface area contributed by atoms with E-state index in [-0.39, 0.29) is 6.61 Å². The predicted molar refractivity (Wildman–Crippen MR) is 102 cm³/mol. The molecule has 140 valence electrons. The van der Waals surface area contributed by atoms with Crippen molar-refractivity contribution in [1.82, 2.24) is 9.88 Å². The first-order chi connectivity index (χ1) is 12.5. The fraction of sp³-hybridized carbons (Fsp3) is 0.476. The second kappa shape index (κ2) is 8.41. The van der Waals surface area contributed by atoms with Crippen LogP contribution < -0.4 is 10.1 Å². The Labute approximate surface area is 155 Å². The Kier molecular flexibility index (Phi) is 5.99. The van der Waals surface area contributed by atoms with Crippen LogP contribution in [0.2, 0.25) is 0 Å². The third-order valence-electron chi connectivity index (χ3n) is 5.18. The smallest absolute Gasteiger partial charge is 0.341 e. The first kappa shape index (κ1) is 18.5. The summed E-state index contributed by atoms with van der Waals surface area (Å²) in [5.41, 5.74) is 4.83. The van der Waals surface area contributed by atoms with Crippen LogP contribution in [-0.4, -0.2) is 28.3 Å². The highest BCUT2D eigenvalue weighted by Crippen LogP contribution is 2.24. The van der Waals surface area contributed by atoms with Crippen LogP contribution in [0.25, 0.3) is 5.69 Å². The lowest BCUT2D eigenvalue weighted by Gasteiger charge is -2.22. The van der Waals surface area contributed by atoms with Crippen LogP contribution in [-0.2, 0) is 11.3 Å². The zero-order valence-corrected chi connectivity index (χ0v) is 15.6. The number of nitrogens with one attached hydrogen (secondary N) is 1. The molecule has 2 N–H and O–H groups in total. The van der Waals surface area contributed by atoms with Gasteiger partial charge in [-0.2, -0.15) is 0 Å². The van der Waals surface area contributed by atoms with Gasteiger partial charge in [-0.1, -0.05) is 19.3 Å². The number of carbonyl (C=O) groups is 1. The summed E-state index contributed by atoms with van der Waals surface area (Å²) in [6, 6.07) is 10.5. The summed E-state index contributed by atoms with van der Waals surface area (Å²) in [6.45, 7) is 4.85. The molecular weight excluding hydrogens is 328 g/mol. The number of benzene rings is 1. The van der Waals surface area contributed by atoms with Crippen molar-refractivity contribution in [2.45, 2.75) is 58.5 Å². The van der Waals surface area contributed by atoms with Gasteiger partial charge in [0.15, 0.2) is 6.61 Å². The molecule has 0 atom stereocenters. The van der Waals surface area contributed by atoms with Gasteiger partial charge in [0.2, 0.25) is 0 Å². The second-order valence-corrected chi connectivity index (χ2v) is 7.12. The first-order valence-corrected chi connectivity index (χ1v) is 9.41. The number of carboxylic acid groups (broad SMARTS) is 1. The maximum Gasteiger partial charge on any atom is 0.341 e. The molecule has 1 heterocycles. The van der Waals surface area contributed by atoms with Gasteiger partial charge in [-0.25, -0.2) is 4.79 Å². The average Bonchev–Trinajstić information content (AvgIpc) is 2.93. The van der Waals surface area contributed by atoms with Crippen LogP contribution in [0, 0.1) is 13.8 Å². The topological polar surface area (TPSA) is 63.5 Å². The van der Waals surface area contributed by atoms with E-state index in [1.807, 2.05) is 24.3 Å². The maximum absolute atomic E-state index is 10.6. The summed E-state index contributed by atoms with van der Waals surface area (Å²) in [5, 5.41) is 12.4. The van der Waals surface area contributed by atoms with Crippen LogP contribution in [0.4, 0.5) is 0 Å². The van der Waals surface area contributed by atoms with E-state index in [0.717, 1.165) is 12.2 Å². The molecule has 1 aliphatic rings. The molecule has 0 spiro atoms. The van der Waals surface area contributed by atoms with E-state index in [0.29, 0.717) is 11.8 Å². The van der Waals surface area contributed by atoms with Crippen LogP contribution in [0.1, 0.15) is 49.1 Å². The summed E-state index contributed by atoms with van der Waals surface area (Å²) >= 11 is 0. The van der Waals surface area contributed by atoms with Gasteiger partial charge >= 0.3 is 5.97 Å². The Morgan fingerprint density at radius 3 is 2.54 bits per heavy atom. The van der Waals surface area contributed by atoms with Gasteiger partial charge in [0.25, 0.3) is 0 Å². The number of nitrogens with zero attached hydrogens (tertiary/aromatic N) is 1. The summed E-state index contributed by atoms with van der Waals surface area (Å²) in [7, 11) is 0. The van der Waals surface area contributed by atoms with Gasteiger partial charge in [-0.15, -0.1) is 0 Å². The molecule has 0 radical (unpaired) electrons. The van der Waals surface area contributed by atoms with Gasteiger partial charge in [-0.3, -0.25) is 0 Å². The van der Waals surface area contributed by atoms with Crippen LogP contribution >= 0.6 is 0 Å². The Morgan fingerprint density at radius 2 is 1.88 bits per heavy atom. The van der Waals surface area contributed by atoms with Gasteiger partial charge < -0.3 is 19.7 Å². The largest absolute Gasteiger partial charge is 0.482 e. The van der Waals surface area contributed by atoms with Crippen molar-refractivity contribution in [2.24, 2.45) is 0 Å². The van der Waals surface area contributed by atoms with E-state index in [4.69, 9.17) is 9.84 Å². The summed E-state index contributed by atoms with van der Waals surface area (Å²) in [4.78, 5) is 10.6. The zero-order chi connectivity index (χ0) is 18.5. The molecular formula is C21H28N2O3. The third-order valence-corrected chi connectivity index (χ3v) is 5.18. The van der Waals surface area contributed by atoms with Crippen molar-refractivity contribution < 1.29 is 14.6 Å². The highest BCUT2D eigenvalue weighted by Gasteiger charge is 2.15. The molecule has 26 heavy (non-hydrogen) atoms. The Balaban J connectivity index is 1.69. The predicted octanol–water partition coefficient (Wildman–Crippen LogP) is 3.98. The zero-order valence-electron chi connectivity index (χ0n) is 15.6. The summed E-state index contributed by atoms with van der Waals surface area (Å²) in [6.07, 6.45) is 6.63. The lowest BCUT2D eigenvalue weighted by Crippen LogP contribution is -2.30. The van der Waals surface area contributed by atoms with E-state index >= 15 is 0 Å². The number of ether oxygens (including phenoxy) is 1. The quantitative estimate of drug-likeness (QED) is 0.788. The molecule has 3 rings (SSSR count). The lowest BCUT2D eigenvalue weighted by molar-refractivity contribution is -0.139. The molecule has 1 aromatic heterocycles. The van der Waals surface area contributed by atoms with Gasteiger partial charge in [0.1, 0.15) is 5.75 Å². The Morgan fingerprint density at radius 1 is 1.19 bits per heavy atom. The number of aromatic nitrogens is 1. The molecule has 1 aliphatic carbocycles. The van der Waals surface area contributed by atoms with Crippen molar-refractivity contribution >= 4 is 5.97 Å². The number of aliphatic carboxylic acids is 1. The standard InChI is InChI=1S/C21H28N2O3/c1-15-12-17(13-22-18-6-4-3-5-7-18)16(2)23(15)19-8-10-20(11-9-19)26-14-21(24)25/h8-12,18,22H,3-7,13-14H2,1-2H3,(H,24,25). The third kappa shape index (κ3) is 4.47. The van der Waals surface area contributed by atoms with Crippen molar-refractivity contribution in [1.29, 1.82) is 0 Å². The number of carboxylic acids is 1. The molecule has 0 bridgehead atoms. The second-order valence-electron chi connectivity index (χ2n) is 7.12. The van der Waals surface area contributed by atoms with Crippen molar-refractivity contribution in [3.8, 4) is 11.4 Å².